The molecule has 4 aromatic rings. The molecular formula is C22H16BrF3N2OS. The van der Waals surface area contributed by atoms with Crippen molar-refractivity contribution in [2.45, 2.75) is 19.3 Å². The van der Waals surface area contributed by atoms with Gasteiger partial charge < -0.3 is 9.88 Å². The van der Waals surface area contributed by atoms with Gasteiger partial charge in [0.2, 0.25) is 0 Å². The highest BCUT2D eigenvalue weighted by molar-refractivity contribution is 9.10. The first-order valence-corrected chi connectivity index (χ1v) is 10.7. The first-order chi connectivity index (χ1) is 14.3. The molecule has 0 saturated heterocycles. The van der Waals surface area contributed by atoms with Crippen LogP contribution in [0.5, 0.6) is 0 Å². The van der Waals surface area contributed by atoms with Crippen LogP contribution in [0, 0.1) is 0 Å². The minimum absolute atomic E-state index is 0.235. The van der Waals surface area contributed by atoms with Crippen LogP contribution in [0.25, 0.3) is 10.2 Å². The summed E-state index contributed by atoms with van der Waals surface area (Å²) in [7, 11) is 0. The highest BCUT2D eigenvalue weighted by Crippen LogP contribution is 2.34. The molecule has 0 unspecified atom stereocenters. The van der Waals surface area contributed by atoms with Crippen LogP contribution in [-0.2, 0) is 19.3 Å². The number of carbonyl (C=O) groups excluding carboxylic acids is 1. The van der Waals surface area contributed by atoms with Crippen LogP contribution in [0.15, 0.2) is 70.5 Å². The zero-order valence-corrected chi connectivity index (χ0v) is 17.9. The maximum absolute atomic E-state index is 12.9. The molecule has 154 valence electrons. The summed E-state index contributed by atoms with van der Waals surface area (Å²) in [6, 6.07) is 16.4. The van der Waals surface area contributed by atoms with E-state index in [0.29, 0.717) is 17.8 Å². The summed E-state index contributed by atoms with van der Waals surface area (Å²) in [6.45, 7) is 0.672. The summed E-state index contributed by atoms with van der Waals surface area (Å²) in [5, 5.41) is 4.85. The summed E-state index contributed by atoms with van der Waals surface area (Å²) in [4.78, 5) is 12.9. The van der Waals surface area contributed by atoms with Crippen molar-refractivity contribution in [1.82, 2.24) is 9.88 Å². The van der Waals surface area contributed by atoms with Gasteiger partial charge in [-0.2, -0.15) is 13.2 Å². The Morgan fingerprint density at radius 1 is 1.03 bits per heavy atom. The zero-order chi connectivity index (χ0) is 21.3. The number of nitrogens with one attached hydrogen (secondary N) is 1. The maximum atomic E-state index is 12.9. The molecule has 0 fully saturated rings. The Morgan fingerprint density at radius 3 is 2.40 bits per heavy atom. The Labute approximate surface area is 183 Å². The van der Waals surface area contributed by atoms with Crippen molar-refractivity contribution in [3.05, 3.63) is 92.9 Å². The van der Waals surface area contributed by atoms with Crippen molar-refractivity contribution in [1.29, 1.82) is 0 Å². The van der Waals surface area contributed by atoms with E-state index < -0.39 is 11.7 Å². The number of hydrogen-bond donors (Lipinski definition) is 1. The molecule has 2 heterocycles. The van der Waals surface area contributed by atoms with Crippen LogP contribution >= 0.6 is 27.3 Å². The third-order valence-corrected chi connectivity index (χ3v) is 6.55. The largest absolute Gasteiger partial charge is 0.416 e. The van der Waals surface area contributed by atoms with E-state index in [-0.39, 0.29) is 12.5 Å². The fraction of sp³-hybridized carbons (Fsp3) is 0.136. The number of thiophene rings is 1. The Morgan fingerprint density at radius 2 is 1.73 bits per heavy atom. The van der Waals surface area contributed by atoms with Crippen LogP contribution in [0.2, 0.25) is 0 Å². The normalized spacial score (nSPS) is 11.7. The summed E-state index contributed by atoms with van der Waals surface area (Å²) >= 11 is 5.02. The Hall–Kier alpha value is -2.58. The number of hydrogen-bond acceptors (Lipinski definition) is 2. The van der Waals surface area contributed by atoms with Gasteiger partial charge in [0.15, 0.2) is 0 Å². The van der Waals surface area contributed by atoms with Crippen LogP contribution in [-0.4, -0.2) is 10.5 Å². The Kier molecular flexibility index (Phi) is 5.71. The number of halogens is 4. The lowest BCUT2D eigenvalue weighted by Gasteiger charge is -2.13. The molecule has 0 aliphatic carbocycles. The van der Waals surface area contributed by atoms with E-state index in [9.17, 15) is 18.0 Å². The molecule has 0 spiro atoms. The summed E-state index contributed by atoms with van der Waals surface area (Å²) in [5.41, 5.74) is 2.28. The number of alkyl halides is 3. The second kappa shape index (κ2) is 8.28. The number of fused-ring (bicyclic) bond motifs is 1. The van der Waals surface area contributed by atoms with Gasteiger partial charge in [-0.3, -0.25) is 4.79 Å². The van der Waals surface area contributed by atoms with Crippen molar-refractivity contribution < 1.29 is 18.0 Å². The van der Waals surface area contributed by atoms with Crippen molar-refractivity contribution in [3.63, 3.8) is 0 Å². The van der Waals surface area contributed by atoms with Gasteiger partial charge in [-0.1, -0.05) is 42.5 Å². The summed E-state index contributed by atoms with van der Waals surface area (Å²) < 4.78 is 42.2. The van der Waals surface area contributed by atoms with Crippen molar-refractivity contribution in [2.75, 3.05) is 0 Å². The highest BCUT2D eigenvalue weighted by Gasteiger charge is 2.30. The smallest absolute Gasteiger partial charge is 0.347 e. The molecule has 0 atom stereocenters. The molecule has 2 aromatic heterocycles. The van der Waals surface area contributed by atoms with E-state index in [1.165, 1.54) is 23.5 Å². The molecule has 30 heavy (non-hydrogen) atoms. The zero-order valence-electron chi connectivity index (χ0n) is 15.5. The van der Waals surface area contributed by atoms with Gasteiger partial charge in [0, 0.05) is 18.5 Å². The van der Waals surface area contributed by atoms with Gasteiger partial charge in [0.1, 0.15) is 5.69 Å². The molecule has 8 heteroatoms. The summed E-state index contributed by atoms with van der Waals surface area (Å²) in [5.74, 6) is -0.235. The third kappa shape index (κ3) is 4.29. The average Bonchev–Trinajstić information content (AvgIpc) is 3.27. The second-order valence-electron chi connectivity index (χ2n) is 6.78. The number of aromatic nitrogens is 1. The van der Waals surface area contributed by atoms with E-state index in [4.69, 9.17) is 0 Å². The minimum atomic E-state index is -4.38. The van der Waals surface area contributed by atoms with Gasteiger partial charge in [-0.15, -0.1) is 11.3 Å². The fourth-order valence-corrected chi connectivity index (χ4v) is 4.93. The van der Waals surface area contributed by atoms with Crippen LogP contribution in [0.4, 0.5) is 13.2 Å². The molecule has 0 radical (unpaired) electrons. The first kappa shape index (κ1) is 20.7. The van der Waals surface area contributed by atoms with E-state index in [2.05, 4.69) is 21.2 Å². The van der Waals surface area contributed by atoms with Gasteiger partial charge in [-0.25, -0.2) is 0 Å². The lowest BCUT2D eigenvalue weighted by Crippen LogP contribution is -2.25. The molecule has 3 nitrogen and oxygen atoms in total. The van der Waals surface area contributed by atoms with E-state index in [0.717, 1.165) is 32.4 Å². The molecule has 1 N–H and O–H groups in total. The van der Waals surface area contributed by atoms with Gasteiger partial charge in [0.25, 0.3) is 5.91 Å². The third-order valence-electron chi connectivity index (χ3n) is 4.73. The summed E-state index contributed by atoms with van der Waals surface area (Å²) in [6.07, 6.45) is -4.38. The fourth-order valence-electron chi connectivity index (χ4n) is 3.23. The predicted molar refractivity (Wildman–Crippen MR) is 116 cm³/mol. The molecule has 4 rings (SSSR count). The molecule has 0 bridgehead atoms. The lowest BCUT2D eigenvalue weighted by atomic mass is 10.1. The van der Waals surface area contributed by atoms with Gasteiger partial charge in [0.05, 0.1) is 20.3 Å². The molecule has 0 aliphatic heterocycles. The lowest BCUT2D eigenvalue weighted by molar-refractivity contribution is -0.137. The van der Waals surface area contributed by atoms with Crippen LogP contribution in [0.1, 0.15) is 27.2 Å². The van der Waals surface area contributed by atoms with Gasteiger partial charge in [-0.05, 0) is 45.3 Å². The average molecular weight is 493 g/mol. The van der Waals surface area contributed by atoms with Crippen molar-refractivity contribution in [3.8, 4) is 0 Å². The van der Waals surface area contributed by atoms with E-state index >= 15 is 0 Å². The van der Waals surface area contributed by atoms with Gasteiger partial charge >= 0.3 is 6.18 Å². The topological polar surface area (TPSA) is 34.0 Å². The maximum Gasteiger partial charge on any atom is 0.416 e. The quantitative estimate of drug-likeness (QED) is 0.340. The predicted octanol–water partition coefficient (Wildman–Crippen LogP) is 6.46. The molecule has 0 saturated carbocycles. The van der Waals surface area contributed by atoms with Crippen molar-refractivity contribution >= 4 is 43.4 Å². The Balaban J connectivity index is 1.63. The molecule has 1 amide bonds. The van der Waals surface area contributed by atoms with E-state index in [1.54, 1.807) is 0 Å². The molecule has 2 aromatic carbocycles. The SMILES string of the molecule is O=C(NCc1ccccc1)c1cc2scc(Br)c2n1Cc1ccc(C(F)(F)F)cc1. The minimum Gasteiger partial charge on any atom is -0.347 e. The first-order valence-electron chi connectivity index (χ1n) is 9.07. The highest BCUT2D eigenvalue weighted by atomic mass is 79.9. The number of carbonyl (C=O) groups is 1. The van der Waals surface area contributed by atoms with Crippen molar-refractivity contribution in [2.24, 2.45) is 0 Å². The molecule has 0 aliphatic rings. The number of amides is 1. The standard InChI is InChI=1S/C22H16BrF3N2OS/c23-17-13-30-19-10-18(21(29)27-11-14-4-2-1-3-5-14)28(20(17)19)12-15-6-8-16(9-7-15)22(24,25)26/h1-10,13H,11-12H2,(H,27,29). The van der Waals surface area contributed by atoms with Crippen LogP contribution < -0.4 is 5.32 Å². The van der Waals surface area contributed by atoms with E-state index in [1.807, 2.05) is 46.3 Å². The second-order valence-corrected chi connectivity index (χ2v) is 8.54. The Bertz CT molecular complexity index is 1180. The number of rotatable bonds is 5. The van der Waals surface area contributed by atoms with Crippen LogP contribution in [0.3, 0.4) is 0 Å². The molecular weight excluding hydrogens is 477 g/mol. The number of benzene rings is 2. The number of nitrogens with zero attached hydrogens (tertiary/aromatic N) is 1. The monoisotopic (exact) mass is 492 g/mol.